The minimum absolute atomic E-state index is 0.00188. The van der Waals surface area contributed by atoms with Crippen molar-refractivity contribution >= 4 is 46.5 Å². The first-order chi connectivity index (χ1) is 16.2. The van der Waals surface area contributed by atoms with Gasteiger partial charge in [-0.1, -0.05) is 35.9 Å². The van der Waals surface area contributed by atoms with Crippen molar-refractivity contribution in [2.24, 2.45) is 0 Å². The largest absolute Gasteiger partial charge is 0.508 e. The molecule has 0 aliphatic carbocycles. The average molecular weight is 501 g/mol. The first-order valence-corrected chi connectivity index (χ1v) is 11.5. The van der Waals surface area contributed by atoms with E-state index in [4.69, 9.17) is 11.6 Å². The summed E-state index contributed by atoms with van der Waals surface area (Å²) in [5.41, 5.74) is 1.11. The molecule has 0 radical (unpaired) electrons. The second-order valence-electron chi connectivity index (χ2n) is 7.34. The van der Waals surface area contributed by atoms with E-state index in [0.29, 0.717) is 16.9 Å². The Bertz CT molecular complexity index is 1210. The van der Waals surface area contributed by atoms with Crippen LogP contribution in [0, 0.1) is 0 Å². The Morgan fingerprint density at radius 1 is 1.00 bits per heavy atom. The molecule has 1 aromatic heterocycles. The molecule has 0 spiro atoms. The van der Waals surface area contributed by atoms with Crippen molar-refractivity contribution in [1.82, 2.24) is 10.6 Å². The van der Waals surface area contributed by atoms with Crippen molar-refractivity contribution in [3.05, 3.63) is 86.6 Å². The number of carbonyl (C=O) groups is 4. The molecule has 1 heterocycles. The number of rotatable bonds is 10. The monoisotopic (exact) mass is 500 g/mol. The number of Topliss-reactive ketones (excluding diaryl/α,β-unsaturated/α-hetero) is 1. The van der Waals surface area contributed by atoms with Crippen LogP contribution >= 0.6 is 22.9 Å². The maximum Gasteiger partial charge on any atom is 0.328 e. The second-order valence-corrected chi connectivity index (χ2v) is 8.69. The maximum absolute atomic E-state index is 12.6. The summed E-state index contributed by atoms with van der Waals surface area (Å²) in [6.07, 6.45) is 0.598. The number of carbonyl (C=O) groups excluding carboxylic acids is 3. The Morgan fingerprint density at radius 3 is 2.44 bits per heavy atom. The highest BCUT2D eigenvalue weighted by molar-refractivity contribution is 7.12. The van der Waals surface area contributed by atoms with Crippen molar-refractivity contribution in [2.45, 2.75) is 18.9 Å². The van der Waals surface area contributed by atoms with Gasteiger partial charge < -0.3 is 20.8 Å². The molecular formula is C24H21ClN2O6S. The number of halogens is 1. The normalized spacial score (nSPS) is 11.4. The summed E-state index contributed by atoms with van der Waals surface area (Å²) < 4.78 is 0. The molecule has 2 aromatic carbocycles. The minimum Gasteiger partial charge on any atom is -0.508 e. The van der Waals surface area contributed by atoms with Crippen molar-refractivity contribution in [2.75, 3.05) is 6.54 Å². The van der Waals surface area contributed by atoms with Gasteiger partial charge in [0.15, 0.2) is 5.78 Å². The number of benzene rings is 2. The summed E-state index contributed by atoms with van der Waals surface area (Å²) in [4.78, 5) is 49.1. The van der Waals surface area contributed by atoms with Crippen LogP contribution in [0.25, 0.3) is 0 Å². The van der Waals surface area contributed by atoms with Crippen LogP contribution in [0.2, 0.25) is 5.02 Å². The smallest absolute Gasteiger partial charge is 0.328 e. The van der Waals surface area contributed by atoms with E-state index in [-0.39, 0.29) is 35.1 Å². The summed E-state index contributed by atoms with van der Waals surface area (Å²) in [5.74, 6) is -2.59. The lowest BCUT2D eigenvalue weighted by atomic mass is 10.0. The molecule has 0 bridgehead atoms. The highest BCUT2D eigenvalue weighted by Crippen LogP contribution is 2.20. The van der Waals surface area contributed by atoms with Gasteiger partial charge in [0.2, 0.25) is 0 Å². The van der Waals surface area contributed by atoms with Gasteiger partial charge in [-0.05, 0) is 47.7 Å². The molecule has 10 heteroatoms. The maximum atomic E-state index is 12.6. The van der Waals surface area contributed by atoms with Crippen LogP contribution in [0.1, 0.15) is 42.4 Å². The molecule has 0 unspecified atom stereocenters. The molecule has 0 aliphatic rings. The number of phenols is 1. The van der Waals surface area contributed by atoms with E-state index in [1.54, 1.807) is 41.8 Å². The van der Waals surface area contributed by atoms with Gasteiger partial charge >= 0.3 is 5.97 Å². The quantitative estimate of drug-likeness (QED) is 0.315. The number of thiophene rings is 1. The lowest BCUT2D eigenvalue weighted by molar-refractivity contribution is -0.139. The number of phenolic OH excluding ortho intramolecular Hbond substituents is 1. The van der Waals surface area contributed by atoms with Crippen molar-refractivity contribution in [3.8, 4) is 5.75 Å². The SMILES string of the molecule is O=C(CCc1cccc(O)c1)c1ccc(C(=O)N[C@@H](CNC(=O)c2cccs2)C(=O)O)c(Cl)c1. The third kappa shape index (κ3) is 6.66. The fourth-order valence-corrected chi connectivity index (χ4v) is 4.02. The van der Waals surface area contributed by atoms with E-state index < -0.39 is 23.8 Å². The van der Waals surface area contributed by atoms with Gasteiger partial charge in [0.05, 0.1) is 15.5 Å². The first kappa shape index (κ1) is 24.9. The Balaban J connectivity index is 1.60. The number of hydrogen-bond acceptors (Lipinski definition) is 6. The number of amides is 2. The number of hydrogen-bond donors (Lipinski definition) is 4. The van der Waals surface area contributed by atoms with Crippen LogP contribution in [-0.2, 0) is 11.2 Å². The van der Waals surface area contributed by atoms with Gasteiger partial charge in [0.25, 0.3) is 11.8 Å². The number of aliphatic carboxylic acids is 1. The number of carboxylic acid groups (broad SMARTS) is 1. The Kier molecular flexibility index (Phi) is 8.39. The first-order valence-electron chi connectivity index (χ1n) is 10.2. The molecule has 34 heavy (non-hydrogen) atoms. The molecule has 4 N–H and O–H groups in total. The fourth-order valence-electron chi connectivity index (χ4n) is 3.11. The van der Waals surface area contributed by atoms with Crippen molar-refractivity contribution < 1.29 is 29.4 Å². The summed E-state index contributed by atoms with van der Waals surface area (Å²) in [5, 5.41) is 25.4. The highest BCUT2D eigenvalue weighted by Gasteiger charge is 2.23. The van der Waals surface area contributed by atoms with E-state index in [2.05, 4.69) is 10.6 Å². The number of nitrogens with one attached hydrogen (secondary N) is 2. The number of aryl methyl sites for hydroxylation is 1. The summed E-state index contributed by atoms with van der Waals surface area (Å²) >= 11 is 7.41. The lowest BCUT2D eigenvalue weighted by Gasteiger charge is -2.16. The Morgan fingerprint density at radius 2 is 1.79 bits per heavy atom. The van der Waals surface area contributed by atoms with Crippen LogP contribution in [0.4, 0.5) is 0 Å². The van der Waals surface area contributed by atoms with Crippen LogP contribution in [-0.4, -0.2) is 46.4 Å². The molecule has 8 nitrogen and oxygen atoms in total. The van der Waals surface area contributed by atoms with Gasteiger partial charge in [-0.2, -0.15) is 0 Å². The molecular weight excluding hydrogens is 480 g/mol. The second kappa shape index (κ2) is 11.4. The third-order valence-electron chi connectivity index (χ3n) is 4.90. The Labute approximate surface area is 204 Å². The zero-order valence-corrected chi connectivity index (χ0v) is 19.4. The van der Waals surface area contributed by atoms with E-state index >= 15 is 0 Å². The van der Waals surface area contributed by atoms with E-state index in [1.165, 1.54) is 29.5 Å². The van der Waals surface area contributed by atoms with Crippen LogP contribution in [0.3, 0.4) is 0 Å². The summed E-state index contributed by atoms with van der Waals surface area (Å²) in [6.45, 7) is -0.318. The number of ketones is 1. The topological polar surface area (TPSA) is 133 Å². The molecule has 176 valence electrons. The summed E-state index contributed by atoms with van der Waals surface area (Å²) in [7, 11) is 0. The van der Waals surface area contributed by atoms with Crippen LogP contribution in [0.15, 0.2) is 60.0 Å². The van der Waals surface area contributed by atoms with Crippen LogP contribution < -0.4 is 10.6 Å². The minimum atomic E-state index is -1.38. The van der Waals surface area contributed by atoms with E-state index in [0.717, 1.165) is 5.56 Å². The van der Waals surface area contributed by atoms with Crippen molar-refractivity contribution in [1.29, 1.82) is 0 Å². The molecule has 0 saturated carbocycles. The fraction of sp³-hybridized carbons (Fsp3) is 0.167. The van der Waals surface area contributed by atoms with Gasteiger partial charge in [-0.25, -0.2) is 4.79 Å². The zero-order valence-electron chi connectivity index (χ0n) is 17.8. The van der Waals surface area contributed by atoms with Crippen LogP contribution in [0.5, 0.6) is 5.75 Å². The summed E-state index contributed by atoms with van der Waals surface area (Å²) in [6, 6.07) is 12.7. The van der Waals surface area contributed by atoms with Gasteiger partial charge in [-0.3, -0.25) is 14.4 Å². The molecule has 0 aliphatic heterocycles. The van der Waals surface area contributed by atoms with Gasteiger partial charge in [-0.15, -0.1) is 11.3 Å². The van der Waals surface area contributed by atoms with E-state index in [1.807, 2.05) is 0 Å². The predicted octanol–water partition coefficient (Wildman–Crippen LogP) is 3.54. The molecule has 0 saturated heterocycles. The number of aromatic hydroxyl groups is 1. The molecule has 1 atom stereocenters. The zero-order chi connectivity index (χ0) is 24.7. The third-order valence-corrected chi connectivity index (χ3v) is 6.08. The van der Waals surface area contributed by atoms with Crippen molar-refractivity contribution in [3.63, 3.8) is 0 Å². The number of carboxylic acids is 1. The average Bonchev–Trinajstić information content (AvgIpc) is 3.34. The molecule has 3 rings (SSSR count). The lowest BCUT2D eigenvalue weighted by Crippen LogP contribution is -2.48. The van der Waals surface area contributed by atoms with E-state index in [9.17, 15) is 29.4 Å². The predicted molar refractivity (Wildman–Crippen MR) is 128 cm³/mol. The standard InChI is InChI=1S/C24H21ClN2O6S/c25-18-12-15(20(29)9-6-14-3-1-4-16(28)11-14)7-8-17(18)22(30)27-19(24(32)33)13-26-23(31)21-5-2-10-34-21/h1-5,7-8,10-12,19,28H,6,9,13H2,(H,26,31)(H,27,30)(H,32,33)/t19-/m0/s1. The molecule has 0 fully saturated rings. The highest BCUT2D eigenvalue weighted by atomic mass is 35.5. The Hall–Kier alpha value is -3.69. The molecule has 2 amide bonds. The van der Waals surface area contributed by atoms with Gasteiger partial charge in [0, 0.05) is 18.5 Å². The van der Waals surface area contributed by atoms with Gasteiger partial charge in [0.1, 0.15) is 11.8 Å². The molecule has 3 aromatic rings.